The van der Waals surface area contributed by atoms with E-state index in [2.05, 4.69) is 10.5 Å². The third kappa shape index (κ3) is 2.19. The van der Waals surface area contributed by atoms with Gasteiger partial charge in [0, 0.05) is 11.8 Å². The summed E-state index contributed by atoms with van der Waals surface area (Å²) in [6.07, 6.45) is -0.864. The molecule has 16 heavy (non-hydrogen) atoms. The van der Waals surface area contributed by atoms with Gasteiger partial charge in [-0.2, -0.15) is 11.3 Å². The van der Waals surface area contributed by atoms with Crippen molar-refractivity contribution in [3.63, 3.8) is 0 Å². The van der Waals surface area contributed by atoms with Gasteiger partial charge < -0.3 is 15.3 Å². The molecule has 1 aliphatic heterocycles. The van der Waals surface area contributed by atoms with Crippen molar-refractivity contribution in [3.05, 3.63) is 16.8 Å². The number of rotatable bonds is 3. The van der Waals surface area contributed by atoms with Crippen LogP contribution in [0.4, 0.5) is 5.69 Å². The lowest BCUT2D eigenvalue weighted by atomic mass is 10.1. The van der Waals surface area contributed by atoms with E-state index in [-0.39, 0.29) is 12.1 Å². The van der Waals surface area contributed by atoms with Crippen molar-refractivity contribution < 1.29 is 19.5 Å². The third-order valence-corrected chi connectivity index (χ3v) is 2.68. The second-order valence-corrected chi connectivity index (χ2v) is 3.92. The van der Waals surface area contributed by atoms with Gasteiger partial charge in [0.25, 0.3) is 5.91 Å². The number of nitrogens with one attached hydrogen (secondary N) is 1. The third-order valence-electron chi connectivity index (χ3n) is 2.00. The fourth-order valence-corrected chi connectivity index (χ4v) is 1.79. The molecule has 1 atom stereocenters. The van der Waals surface area contributed by atoms with Crippen molar-refractivity contribution in [3.8, 4) is 0 Å². The van der Waals surface area contributed by atoms with Crippen LogP contribution in [0.2, 0.25) is 0 Å². The lowest BCUT2D eigenvalue weighted by molar-refractivity contribution is -0.129. The monoisotopic (exact) mass is 240 g/mol. The van der Waals surface area contributed by atoms with E-state index in [9.17, 15) is 9.59 Å². The number of amides is 1. The standard InChI is InChI=1S/C9H8N2O4S/c12-8(10-5-1-2-16-4-5)7-3-6(9(13)14)11-15-7/h1-2,4,7H,3H2,(H,10,12)(H,13,14). The number of carboxylic acids is 1. The summed E-state index contributed by atoms with van der Waals surface area (Å²) in [5.74, 6) is -1.55. The van der Waals surface area contributed by atoms with Crippen LogP contribution < -0.4 is 5.32 Å². The van der Waals surface area contributed by atoms with Crippen LogP contribution in [0, 0.1) is 0 Å². The maximum Gasteiger partial charge on any atom is 0.353 e. The van der Waals surface area contributed by atoms with Crippen LogP contribution in [0.1, 0.15) is 6.42 Å². The van der Waals surface area contributed by atoms with Crippen LogP contribution in [0.5, 0.6) is 0 Å². The lowest BCUT2D eigenvalue weighted by Crippen LogP contribution is -2.28. The number of aliphatic carboxylic acids is 1. The number of hydrogen-bond donors (Lipinski definition) is 2. The number of anilines is 1. The Bertz CT molecular complexity index is 440. The molecule has 2 N–H and O–H groups in total. The summed E-state index contributed by atoms with van der Waals surface area (Å²) in [4.78, 5) is 26.9. The Morgan fingerprint density at radius 2 is 2.44 bits per heavy atom. The first-order valence-electron chi connectivity index (χ1n) is 4.46. The minimum absolute atomic E-state index is 0.00863. The highest BCUT2D eigenvalue weighted by atomic mass is 32.1. The molecule has 0 saturated carbocycles. The highest BCUT2D eigenvalue weighted by molar-refractivity contribution is 7.08. The Morgan fingerprint density at radius 1 is 1.62 bits per heavy atom. The Balaban J connectivity index is 1.92. The summed E-state index contributed by atoms with van der Waals surface area (Å²) in [7, 11) is 0. The molecule has 1 unspecified atom stereocenters. The van der Waals surface area contributed by atoms with Gasteiger partial charge in [-0.1, -0.05) is 5.16 Å². The lowest BCUT2D eigenvalue weighted by Gasteiger charge is -2.07. The summed E-state index contributed by atoms with van der Waals surface area (Å²) in [5, 5.41) is 18.2. The van der Waals surface area contributed by atoms with Gasteiger partial charge >= 0.3 is 5.97 Å². The van der Waals surface area contributed by atoms with Gasteiger partial charge in [0.1, 0.15) is 0 Å². The quantitative estimate of drug-likeness (QED) is 0.822. The van der Waals surface area contributed by atoms with Gasteiger partial charge in [-0.05, 0) is 11.4 Å². The molecule has 0 bridgehead atoms. The van der Waals surface area contributed by atoms with E-state index in [4.69, 9.17) is 9.94 Å². The zero-order chi connectivity index (χ0) is 11.5. The maximum absolute atomic E-state index is 11.6. The molecule has 2 heterocycles. The molecule has 6 nitrogen and oxygen atoms in total. The Hall–Kier alpha value is -1.89. The van der Waals surface area contributed by atoms with Crippen LogP contribution >= 0.6 is 11.3 Å². The summed E-state index contributed by atoms with van der Waals surface area (Å²) in [6, 6.07) is 1.75. The van der Waals surface area contributed by atoms with E-state index in [0.717, 1.165) is 0 Å². The molecule has 1 aromatic heterocycles. The van der Waals surface area contributed by atoms with Crippen molar-refractivity contribution >= 4 is 34.6 Å². The largest absolute Gasteiger partial charge is 0.477 e. The van der Waals surface area contributed by atoms with E-state index >= 15 is 0 Å². The Labute approximate surface area is 94.5 Å². The number of carboxylic acid groups (broad SMARTS) is 1. The predicted octanol–water partition coefficient (Wildman–Crippen LogP) is 0.916. The summed E-state index contributed by atoms with van der Waals surface area (Å²) in [6.45, 7) is 0. The van der Waals surface area contributed by atoms with Gasteiger partial charge in [-0.3, -0.25) is 4.79 Å². The summed E-state index contributed by atoms with van der Waals surface area (Å²) < 4.78 is 0. The Kier molecular flexibility index (Phi) is 2.86. The van der Waals surface area contributed by atoms with Gasteiger partial charge in [0.15, 0.2) is 5.71 Å². The van der Waals surface area contributed by atoms with Crippen molar-refractivity contribution in [2.75, 3.05) is 5.32 Å². The molecule has 84 valence electrons. The normalized spacial score (nSPS) is 18.8. The molecular weight excluding hydrogens is 232 g/mol. The van der Waals surface area contributed by atoms with Gasteiger partial charge in [0.05, 0.1) is 5.69 Å². The first kappa shape index (κ1) is 10.6. The fraction of sp³-hybridized carbons (Fsp3) is 0.222. The molecule has 1 amide bonds. The molecule has 0 fully saturated rings. The van der Waals surface area contributed by atoms with E-state index in [1.54, 1.807) is 11.4 Å². The van der Waals surface area contributed by atoms with Crippen LogP contribution in [-0.2, 0) is 14.4 Å². The smallest absolute Gasteiger partial charge is 0.353 e. The average Bonchev–Trinajstić information content (AvgIpc) is 2.86. The van der Waals surface area contributed by atoms with E-state index in [0.29, 0.717) is 5.69 Å². The molecule has 0 aromatic carbocycles. The predicted molar refractivity (Wildman–Crippen MR) is 57.5 cm³/mol. The number of thiophene rings is 1. The van der Waals surface area contributed by atoms with Crippen LogP contribution in [-0.4, -0.2) is 28.8 Å². The van der Waals surface area contributed by atoms with Crippen molar-refractivity contribution in [2.45, 2.75) is 12.5 Å². The van der Waals surface area contributed by atoms with Gasteiger partial charge in [0.2, 0.25) is 6.10 Å². The first-order valence-corrected chi connectivity index (χ1v) is 5.40. The summed E-state index contributed by atoms with van der Waals surface area (Å²) in [5.41, 5.74) is 0.535. The fourth-order valence-electron chi connectivity index (χ4n) is 1.20. The SMILES string of the molecule is O=C(O)C1=NOC(C(=O)Nc2ccsc2)C1. The highest BCUT2D eigenvalue weighted by Gasteiger charge is 2.31. The highest BCUT2D eigenvalue weighted by Crippen LogP contribution is 2.16. The second-order valence-electron chi connectivity index (χ2n) is 3.14. The number of nitrogens with zero attached hydrogens (tertiary/aromatic N) is 1. The number of carbonyl (C=O) groups excluding carboxylic acids is 1. The molecule has 2 rings (SSSR count). The minimum atomic E-state index is -1.16. The molecule has 0 radical (unpaired) electrons. The zero-order valence-corrected chi connectivity index (χ0v) is 8.86. The van der Waals surface area contributed by atoms with Crippen LogP contribution in [0.3, 0.4) is 0 Å². The van der Waals surface area contributed by atoms with E-state index < -0.39 is 18.0 Å². The van der Waals surface area contributed by atoms with E-state index in [1.165, 1.54) is 11.3 Å². The Morgan fingerprint density at radius 3 is 3.00 bits per heavy atom. The molecule has 0 spiro atoms. The number of carbonyl (C=O) groups is 2. The molecular formula is C9H8N2O4S. The van der Waals surface area contributed by atoms with Gasteiger partial charge in [-0.25, -0.2) is 4.79 Å². The number of hydrogen-bond acceptors (Lipinski definition) is 5. The van der Waals surface area contributed by atoms with Crippen LogP contribution in [0.15, 0.2) is 22.0 Å². The first-order chi connectivity index (χ1) is 7.66. The molecule has 0 aliphatic carbocycles. The van der Waals surface area contributed by atoms with Crippen molar-refractivity contribution in [2.24, 2.45) is 5.16 Å². The minimum Gasteiger partial charge on any atom is -0.477 e. The molecule has 1 aromatic rings. The number of oxime groups is 1. The second kappa shape index (κ2) is 4.31. The maximum atomic E-state index is 11.6. The van der Waals surface area contributed by atoms with Crippen molar-refractivity contribution in [1.29, 1.82) is 0 Å². The average molecular weight is 240 g/mol. The zero-order valence-electron chi connectivity index (χ0n) is 8.04. The molecule has 1 aliphatic rings. The van der Waals surface area contributed by atoms with Crippen LogP contribution in [0.25, 0.3) is 0 Å². The van der Waals surface area contributed by atoms with Gasteiger partial charge in [-0.15, -0.1) is 0 Å². The summed E-state index contributed by atoms with van der Waals surface area (Å²) >= 11 is 1.45. The molecule has 0 saturated heterocycles. The topological polar surface area (TPSA) is 88.0 Å². The van der Waals surface area contributed by atoms with E-state index in [1.807, 2.05) is 5.38 Å². The molecule has 7 heteroatoms. The van der Waals surface area contributed by atoms with Crippen molar-refractivity contribution in [1.82, 2.24) is 0 Å².